The van der Waals surface area contributed by atoms with Crippen molar-refractivity contribution >= 4 is 62.3 Å². The minimum absolute atomic E-state index is 0.0989. The number of Topliss-reactive ketones (excluding diaryl/α,β-unsaturated/α-hetero) is 2. The van der Waals surface area contributed by atoms with E-state index in [-0.39, 0.29) is 45.6 Å². The van der Waals surface area contributed by atoms with Gasteiger partial charge in [-0.1, -0.05) is 72.8 Å². The minimum atomic E-state index is -1.25. The predicted molar refractivity (Wildman–Crippen MR) is 318 cm³/mol. The lowest BCUT2D eigenvalue weighted by atomic mass is 9.91. The number of anilines is 2. The van der Waals surface area contributed by atoms with Gasteiger partial charge >= 0.3 is 6.16 Å². The normalized spacial score (nSPS) is 13.6. The summed E-state index contributed by atoms with van der Waals surface area (Å²) in [5, 5.41) is 26.3. The number of aromatic nitrogens is 2. The number of carbonyl (C=O) groups excluding carboxylic acids is 3. The van der Waals surface area contributed by atoms with Crippen molar-refractivity contribution < 1.29 is 42.5 Å². The smallest absolute Gasteiger partial charge is 0.394 e. The maximum Gasteiger partial charge on any atom is 0.519 e. The molecule has 4 heterocycles. The van der Waals surface area contributed by atoms with Crippen LogP contribution in [-0.4, -0.2) is 63.7 Å². The van der Waals surface area contributed by atoms with Crippen LogP contribution in [0.25, 0.3) is 88.6 Å². The van der Waals surface area contributed by atoms with Crippen LogP contribution in [0.1, 0.15) is 36.8 Å². The maximum absolute atomic E-state index is 15.0. The van der Waals surface area contributed by atoms with Crippen molar-refractivity contribution in [1.29, 1.82) is 0 Å². The fraction of sp³-hybridized carbons (Fsp3) is 0.149. The molecule has 8 aromatic carbocycles. The topological polar surface area (TPSA) is 188 Å². The predicted octanol–water partition coefficient (Wildman–Crippen LogP) is 15.4. The summed E-state index contributed by atoms with van der Waals surface area (Å²) in [6, 6.07) is 42.8. The van der Waals surface area contributed by atoms with Gasteiger partial charge in [-0.3, -0.25) is 39.8 Å². The van der Waals surface area contributed by atoms with Crippen LogP contribution in [0.5, 0.6) is 11.5 Å². The number of piperidine rings is 2. The lowest BCUT2D eigenvalue weighted by Crippen LogP contribution is -2.34. The van der Waals surface area contributed by atoms with E-state index < -0.39 is 27.6 Å². The summed E-state index contributed by atoms with van der Waals surface area (Å²) in [5.41, 5.74) is 10.0. The summed E-state index contributed by atoms with van der Waals surface area (Å²) in [7, 11) is 0. The van der Waals surface area contributed by atoms with Gasteiger partial charge in [-0.05, 0) is 130 Å². The third-order valence-corrected chi connectivity index (χ3v) is 15.5. The van der Waals surface area contributed by atoms with Crippen LogP contribution in [-0.2, 0) is 9.59 Å². The van der Waals surface area contributed by atoms with Crippen molar-refractivity contribution in [2.75, 3.05) is 36.0 Å². The molecule has 84 heavy (non-hydrogen) atoms. The van der Waals surface area contributed by atoms with Crippen LogP contribution in [0.4, 0.5) is 36.3 Å². The highest BCUT2D eigenvalue weighted by molar-refractivity contribution is 6.05. The number of pyridine rings is 2. The van der Waals surface area contributed by atoms with E-state index in [1.807, 2.05) is 74.5 Å². The number of carbonyl (C=O) groups is 3. The average molecular weight is 1120 g/mol. The fourth-order valence-electron chi connectivity index (χ4n) is 11.5. The molecule has 0 atom stereocenters. The second-order valence-electron chi connectivity index (χ2n) is 21.0. The highest BCUT2D eigenvalue weighted by Gasteiger charge is 2.28. The van der Waals surface area contributed by atoms with Gasteiger partial charge in [-0.15, -0.1) is 0 Å². The number of ketones is 2. The largest absolute Gasteiger partial charge is 0.519 e. The van der Waals surface area contributed by atoms with E-state index in [0.717, 1.165) is 33.3 Å². The summed E-state index contributed by atoms with van der Waals surface area (Å²) in [5.74, 6) is -0.712. The molecule has 0 spiro atoms. The molecule has 0 radical (unpaired) electrons. The molecule has 2 fully saturated rings. The summed E-state index contributed by atoms with van der Waals surface area (Å²) in [6.45, 7) is 5.37. The van der Waals surface area contributed by atoms with Crippen molar-refractivity contribution in [2.45, 2.75) is 39.5 Å². The Morgan fingerprint density at radius 1 is 0.464 bits per heavy atom. The zero-order valence-corrected chi connectivity index (χ0v) is 45.4. The molecule has 0 N–H and O–H groups in total. The number of hydrogen-bond donors (Lipinski definition) is 0. The summed E-state index contributed by atoms with van der Waals surface area (Å²) in [4.78, 5) is 77.0. The van der Waals surface area contributed by atoms with Gasteiger partial charge in [0.25, 0.3) is 11.4 Å². The molecule has 0 amide bonds. The summed E-state index contributed by atoms with van der Waals surface area (Å²) >= 11 is 0. The van der Waals surface area contributed by atoms with Crippen molar-refractivity contribution in [3.05, 3.63) is 213 Å². The molecule has 12 rings (SSSR count). The highest BCUT2D eigenvalue weighted by Crippen LogP contribution is 2.46. The molecule has 17 heteroatoms. The second kappa shape index (κ2) is 22.4. The Balaban J connectivity index is 0.923. The molecular formula is C67H50F2N6O9. The van der Waals surface area contributed by atoms with Gasteiger partial charge in [-0.2, -0.15) is 0 Å². The highest BCUT2D eigenvalue weighted by atomic mass is 19.1. The van der Waals surface area contributed by atoms with Crippen LogP contribution in [0.3, 0.4) is 0 Å². The number of aryl methyl sites for hydroxylation is 2. The van der Waals surface area contributed by atoms with Crippen LogP contribution in [0.15, 0.2) is 170 Å². The third-order valence-electron chi connectivity index (χ3n) is 15.5. The molecule has 0 aliphatic carbocycles. The number of nitro benzene ring substituents is 2. The Morgan fingerprint density at radius 3 is 1.24 bits per heavy atom. The van der Waals surface area contributed by atoms with E-state index in [9.17, 15) is 34.6 Å². The number of non-ortho nitro benzene ring substituents is 2. The third kappa shape index (κ3) is 10.8. The number of halogens is 2. The molecule has 0 bridgehead atoms. The van der Waals surface area contributed by atoms with E-state index in [0.29, 0.717) is 119 Å². The van der Waals surface area contributed by atoms with E-state index in [1.54, 1.807) is 48.8 Å². The quantitative estimate of drug-likeness (QED) is 0.0487. The maximum atomic E-state index is 15.0. The Morgan fingerprint density at radius 2 is 0.857 bits per heavy atom. The average Bonchev–Trinajstić information content (AvgIpc) is 2.25. The second-order valence-corrected chi connectivity index (χ2v) is 21.0. The van der Waals surface area contributed by atoms with Crippen molar-refractivity contribution in [3.8, 4) is 78.3 Å². The van der Waals surface area contributed by atoms with Gasteiger partial charge in [-0.25, -0.2) is 13.6 Å². The Hall–Kier alpha value is -10.6. The lowest BCUT2D eigenvalue weighted by molar-refractivity contribution is -0.385. The van der Waals surface area contributed by atoms with Gasteiger partial charge in [0.2, 0.25) is 0 Å². The van der Waals surface area contributed by atoms with Crippen LogP contribution < -0.4 is 19.3 Å². The molecule has 2 aliphatic rings. The first-order valence-corrected chi connectivity index (χ1v) is 27.2. The number of hydrogen-bond acceptors (Lipinski definition) is 13. The lowest BCUT2D eigenvalue weighted by Gasteiger charge is -2.31. The number of nitrogens with zero attached hydrogens (tertiary/aromatic N) is 6. The van der Waals surface area contributed by atoms with Crippen LogP contribution in [0.2, 0.25) is 0 Å². The van der Waals surface area contributed by atoms with Gasteiger partial charge < -0.3 is 19.3 Å². The number of fused-ring (bicyclic) bond motifs is 2. The molecule has 10 aromatic rings. The fourth-order valence-corrected chi connectivity index (χ4v) is 11.5. The SMILES string of the molecule is Cc1cc(F)cc(-c2cnc3ccc(-c4ccccc4-c4cc([N+](=O)[O-])ccc4OC(=O)Oc4ccc([N+](=O)[O-])cc4-c4ccccc4-c4ccc5ncc(-c6cc(C)cc(F)c6)c(N6CCC(=O)CC6)c5c4)cc3c2N2CCC(=O)CC2)c1. The number of nitro groups is 2. The van der Waals surface area contributed by atoms with Gasteiger partial charge in [0.15, 0.2) is 0 Å². The molecule has 15 nitrogen and oxygen atoms in total. The van der Waals surface area contributed by atoms with E-state index in [4.69, 9.17) is 19.4 Å². The van der Waals surface area contributed by atoms with Gasteiger partial charge in [0.05, 0.1) is 32.3 Å². The Bertz CT molecular complexity index is 4060. The Labute approximate surface area is 479 Å². The van der Waals surface area contributed by atoms with E-state index >= 15 is 8.78 Å². The standard InChI is InChI=1S/C67H50F2N6O9/c1-39-27-43(31-45(68)29-39)59-37-70-61-15-11-41(33-57(61)65(59)72-23-19-49(76)20-24-72)51-7-3-5-9-53(51)55-35-47(74(79)80)13-17-63(55)83-67(78)84-64-18-14-48(75(81)82)36-56(64)54-10-6-4-8-52(54)42-12-16-62-58(34-42)66(73-25-21-50(77)22-26-73)60(38-71-62)44-28-40(2)30-46(69)32-44/h3-18,27-38H,19-26H2,1-2H3. The Kier molecular flexibility index (Phi) is 14.4. The molecule has 0 unspecified atom stereocenters. The van der Waals surface area contributed by atoms with Crippen molar-refractivity contribution in [2.24, 2.45) is 0 Å². The van der Waals surface area contributed by atoms with Gasteiger partial charge in [0.1, 0.15) is 34.7 Å². The zero-order chi connectivity index (χ0) is 58.3. The summed E-state index contributed by atoms with van der Waals surface area (Å²) < 4.78 is 42.1. The van der Waals surface area contributed by atoms with Crippen LogP contribution >= 0.6 is 0 Å². The molecular weight excluding hydrogens is 1070 g/mol. The molecule has 2 aliphatic heterocycles. The summed E-state index contributed by atoms with van der Waals surface area (Å²) in [6.07, 6.45) is 3.52. The van der Waals surface area contributed by atoms with Crippen molar-refractivity contribution in [1.82, 2.24) is 9.97 Å². The molecule has 2 saturated heterocycles. The zero-order valence-electron chi connectivity index (χ0n) is 45.4. The van der Waals surface area contributed by atoms with E-state index in [1.165, 1.54) is 60.7 Å². The molecule has 2 aromatic heterocycles. The monoisotopic (exact) mass is 1120 g/mol. The van der Waals surface area contributed by atoms with Gasteiger partial charge in [0, 0.05) is 122 Å². The first-order valence-electron chi connectivity index (χ1n) is 27.2. The molecule has 416 valence electrons. The minimum Gasteiger partial charge on any atom is -0.394 e. The van der Waals surface area contributed by atoms with Crippen molar-refractivity contribution in [3.63, 3.8) is 0 Å². The number of rotatable bonds is 12. The number of benzene rings is 8. The number of ether oxygens (including phenoxy) is 2. The molecule has 0 saturated carbocycles. The van der Waals surface area contributed by atoms with E-state index in [2.05, 4.69) is 9.80 Å². The van der Waals surface area contributed by atoms with Crippen LogP contribution in [0, 0.1) is 45.7 Å². The first-order chi connectivity index (χ1) is 40.6. The first kappa shape index (κ1) is 54.1.